The van der Waals surface area contributed by atoms with Crippen molar-refractivity contribution < 1.29 is 9.53 Å². The Labute approximate surface area is 105 Å². The lowest BCUT2D eigenvalue weighted by molar-refractivity contribution is -0.146. The third-order valence-corrected chi connectivity index (χ3v) is 3.67. The summed E-state index contributed by atoms with van der Waals surface area (Å²) in [7, 11) is 0. The van der Waals surface area contributed by atoms with E-state index >= 15 is 0 Å². The Morgan fingerprint density at radius 2 is 2.06 bits per heavy atom. The molecule has 0 aromatic rings. The van der Waals surface area contributed by atoms with Crippen LogP contribution >= 0.6 is 0 Å². The van der Waals surface area contributed by atoms with Gasteiger partial charge in [0, 0.05) is 6.04 Å². The van der Waals surface area contributed by atoms with Crippen LogP contribution in [0.1, 0.15) is 59.3 Å². The van der Waals surface area contributed by atoms with Crippen LogP contribution in [0.5, 0.6) is 0 Å². The van der Waals surface area contributed by atoms with Gasteiger partial charge in [-0.1, -0.05) is 26.7 Å². The Bertz CT molecular complexity index is 230. The van der Waals surface area contributed by atoms with Gasteiger partial charge in [-0.3, -0.25) is 4.79 Å². The fourth-order valence-corrected chi connectivity index (χ4v) is 2.53. The third-order valence-electron chi connectivity index (χ3n) is 3.67. The Balaban J connectivity index is 2.41. The highest BCUT2D eigenvalue weighted by atomic mass is 16.5. The van der Waals surface area contributed by atoms with Crippen molar-refractivity contribution in [2.75, 3.05) is 6.61 Å². The summed E-state index contributed by atoms with van der Waals surface area (Å²) >= 11 is 0. The van der Waals surface area contributed by atoms with Crippen LogP contribution in [0.4, 0.5) is 0 Å². The molecule has 0 aromatic carbocycles. The van der Waals surface area contributed by atoms with Crippen molar-refractivity contribution in [2.45, 2.75) is 71.4 Å². The van der Waals surface area contributed by atoms with Gasteiger partial charge in [-0.05, 0) is 38.5 Å². The molecule has 1 N–H and O–H groups in total. The zero-order valence-corrected chi connectivity index (χ0v) is 11.5. The normalized spacial score (nSPS) is 27.2. The van der Waals surface area contributed by atoms with E-state index in [1.165, 1.54) is 32.1 Å². The molecule has 17 heavy (non-hydrogen) atoms. The largest absolute Gasteiger partial charge is 0.465 e. The molecule has 3 heteroatoms. The average molecular weight is 241 g/mol. The molecule has 3 unspecified atom stereocenters. The topological polar surface area (TPSA) is 38.3 Å². The minimum atomic E-state index is -0.117. The highest BCUT2D eigenvalue weighted by molar-refractivity contribution is 5.75. The molecular weight excluding hydrogens is 214 g/mol. The SMILES string of the molecule is CCOC(=O)C(CC)NC1CCCC(C)CC1. The molecule has 1 saturated carbocycles. The fourth-order valence-electron chi connectivity index (χ4n) is 2.53. The number of esters is 1. The summed E-state index contributed by atoms with van der Waals surface area (Å²) in [5, 5.41) is 3.48. The molecule has 0 spiro atoms. The lowest BCUT2D eigenvalue weighted by Gasteiger charge is -2.22. The second-order valence-electron chi connectivity index (χ2n) is 5.19. The monoisotopic (exact) mass is 241 g/mol. The number of hydrogen-bond donors (Lipinski definition) is 1. The highest BCUT2D eigenvalue weighted by Crippen LogP contribution is 2.23. The van der Waals surface area contributed by atoms with E-state index < -0.39 is 0 Å². The predicted octanol–water partition coefficient (Wildman–Crippen LogP) is 2.89. The van der Waals surface area contributed by atoms with Gasteiger partial charge in [0.15, 0.2) is 0 Å². The van der Waals surface area contributed by atoms with Gasteiger partial charge < -0.3 is 10.1 Å². The molecule has 0 saturated heterocycles. The molecule has 1 aliphatic carbocycles. The van der Waals surface area contributed by atoms with Crippen LogP contribution in [0.15, 0.2) is 0 Å². The quantitative estimate of drug-likeness (QED) is 0.594. The molecule has 0 aromatic heterocycles. The van der Waals surface area contributed by atoms with Crippen molar-refractivity contribution in [3.8, 4) is 0 Å². The fraction of sp³-hybridized carbons (Fsp3) is 0.929. The van der Waals surface area contributed by atoms with E-state index in [0.29, 0.717) is 12.6 Å². The van der Waals surface area contributed by atoms with Crippen molar-refractivity contribution in [3.05, 3.63) is 0 Å². The highest BCUT2D eigenvalue weighted by Gasteiger charge is 2.23. The van der Waals surface area contributed by atoms with Crippen LogP contribution in [0.25, 0.3) is 0 Å². The molecule has 0 aliphatic heterocycles. The van der Waals surface area contributed by atoms with Gasteiger partial charge >= 0.3 is 5.97 Å². The summed E-state index contributed by atoms with van der Waals surface area (Å²) in [6.07, 6.45) is 7.08. The van der Waals surface area contributed by atoms with Crippen LogP contribution < -0.4 is 5.32 Å². The molecule has 3 nitrogen and oxygen atoms in total. The molecule has 3 atom stereocenters. The van der Waals surface area contributed by atoms with Gasteiger partial charge in [0.05, 0.1) is 6.61 Å². The second-order valence-corrected chi connectivity index (χ2v) is 5.19. The number of hydrogen-bond acceptors (Lipinski definition) is 3. The van der Waals surface area contributed by atoms with E-state index in [9.17, 15) is 4.79 Å². The van der Waals surface area contributed by atoms with Crippen molar-refractivity contribution in [1.29, 1.82) is 0 Å². The summed E-state index contributed by atoms with van der Waals surface area (Å²) in [5.74, 6) is 0.747. The van der Waals surface area contributed by atoms with E-state index in [1.807, 2.05) is 13.8 Å². The van der Waals surface area contributed by atoms with Gasteiger partial charge in [-0.15, -0.1) is 0 Å². The number of carbonyl (C=O) groups is 1. The van der Waals surface area contributed by atoms with Crippen LogP contribution in [0.3, 0.4) is 0 Å². The minimum absolute atomic E-state index is 0.0905. The van der Waals surface area contributed by atoms with E-state index in [0.717, 1.165) is 12.3 Å². The standard InChI is InChI=1S/C14H27NO2/c1-4-13(14(16)17-5-2)15-12-8-6-7-11(3)9-10-12/h11-13,15H,4-10H2,1-3H3. The number of carbonyl (C=O) groups excluding carboxylic acids is 1. The van der Waals surface area contributed by atoms with Crippen LogP contribution in [-0.4, -0.2) is 24.7 Å². The average Bonchev–Trinajstić information content (AvgIpc) is 2.51. The van der Waals surface area contributed by atoms with Gasteiger partial charge in [0.1, 0.15) is 6.04 Å². The number of nitrogens with one attached hydrogen (secondary N) is 1. The lowest BCUT2D eigenvalue weighted by atomic mass is 10.0. The molecule has 0 amide bonds. The molecule has 1 fully saturated rings. The predicted molar refractivity (Wildman–Crippen MR) is 69.9 cm³/mol. The Morgan fingerprint density at radius 1 is 1.29 bits per heavy atom. The van der Waals surface area contributed by atoms with E-state index in [2.05, 4.69) is 12.2 Å². The maximum absolute atomic E-state index is 11.7. The summed E-state index contributed by atoms with van der Waals surface area (Å²) in [4.78, 5) is 11.7. The van der Waals surface area contributed by atoms with E-state index in [-0.39, 0.29) is 12.0 Å². The zero-order chi connectivity index (χ0) is 12.7. The first kappa shape index (κ1) is 14.5. The molecule has 0 bridgehead atoms. The maximum atomic E-state index is 11.7. The third kappa shape index (κ3) is 5.07. The smallest absolute Gasteiger partial charge is 0.323 e. The van der Waals surface area contributed by atoms with Crippen LogP contribution in [0.2, 0.25) is 0 Å². The first-order valence-electron chi connectivity index (χ1n) is 7.10. The Morgan fingerprint density at radius 3 is 2.71 bits per heavy atom. The molecule has 1 rings (SSSR count). The van der Waals surface area contributed by atoms with Gasteiger partial charge in [0.25, 0.3) is 0 Å². The summed E-state index contributed by atoms with van der Waals surface area (Å²) in [6.45, 7) is 6.69. The van der Waals surface area contributed by atoms with Gasteiger partial charge in [0.2, 0.25) is 0 Å². The van der Waals surface area contributed by atoms with Crippen molar-refractivity contribution in [2.24, 2.45) is 5.92 Å². The van der Waals surface area contributed by atoms with E-state index in [4.69, 9.17) is 4.74 Å². The Hall–Kier alpha value is -0.570. The molecule has 100 valence electrons. The lowest BCUT2D eigenvalue weighted by Crippen LogP contribution is -2.43. The first-order valence-corrected chi connectivity index (χ1v) is 7.10. The minimum Gasteiger partial charge on any atom is -0.465 e. The van der Waals surface area contributed by atoms with Crippen LogP contribution in [-0.2, 0) is 9.53 Å². The first-order chi connectivity index (χ1) is 8.17. The van der Waals surface area contributed by atoms with Crippen molar-refractivity contribution in [1.82, 2.24) is 5.32 Å². The molecule has 0 radical (unpaired) electrons. The molecular formula is C14H27NO2. The van der Waals surface area contributed by atoms with Crippen molar-refractivity contribution >= 4 is 5.97 Å². The molecule has 1 aliphatic rings. The van der Waals surface area contributed by atoms with Crippen molar-refractivity contribution in [3.63, 3.8) is 0 Å². The summed E-state index contributed by atoms with van der Waals surface area (Å²) in [6, 6.07) is 0.377. The van der Waals surface area contributed by atoms with Crippen LogP contribution in [0, 0.1) is 5.92 Å². The molecule has 0 heterocycles. The summed E-state index contributed by atoms with van der Waals surface area (Å²) in [5.41, 5.74) is 0. The zero-order valence-electron chi connectivity index (χ0n) is 11.5. The van der Waals surface area contributed by atoms with Gasteiger partial charge in [-0.2, -0.15) is 0 Å². The maximum Gasteiger partial charge on any atom is 0.323 e. The second kappa shape index (κ2) is 7.70. The number of ether oxygens (including phenoxy) is 1. The Kier molecular flexibility index (Phi) is 6.56. The van der Waals surface area contributed by atoms with Gasteiger partial charge in [-0.25, -0.2) is 0 Å². The summed E-state index contributed by atoms with van der Waals surface area (Å²) < 4.78 is 5.09. The number of rotatable bonds is 5. The van der Waals surface area contributed by atoms with E-state index in [1.54, 1.807) is 0 Å².